The summed E-state index contributed by atoms with van der Waals surface area (Å²) in [7, 11) is 0. The van der Waals surface area contributed by atoms with Gasteiger partial charge in [-0.3, -0.25) is 4.79 Å². The number of nitrogens with one attached hydrogen (secondary N) is 1. The predicted octanol–water partition coefficient (Wildman–Crippen LogP) is 3.72. The Morgan fingerprint density at radius 1 is 1.20 bits per heavy atom. The number of benzene rings is 2. The molecule has 0 fully saturated rings. The second-order valence-electron chi connectivity index (χ2n) is 4.82. The zero-order chi connectivity index (χ0) is 14.7. The molecule has 104 valence electrons. The van der Waals surface area contributed by atoms with Crippen LogP contribution in [0.15, 0.2) is 42.5 Å². The second-order valence-corrected chi connectivity index (χ2v) is 5.25. The zero-order valence-corrected chi connectivity index (χ0v) is 12.2. The van der Waals surface area contributed by atoms with Gasteiger partial charge in [0.05, 0.1) is 6.04 Å². The summed E-state index contributed by atoms with van der Waals surface area (Å²) in [6.07, 6.45) is 0. The van der Waals surface area contributed by atoms with Gasteiger partial charge in [-0.05, 0) is 49.2 Å². The Labute approximate surface area is 123 Å². The van der Waals surface area contributed by atoms with E-state index in [4.69, 9.17) is 17.3 Å². The summed E-state index contributed by atoms with van der Waals surface area (Å²) in [5.41, 5.74) is 8.98. The van der Waals surface area contributed by atoms with Crippen LogP contribution in [-0.2, 0) is 0 Å². The van der Waals surface area contributed by atoms with Crippen molar-refractivity contribution in [3.05, 3.63) is 64.2 Å². The number of rotatable bonds is 3. The molecule has 0 aliphatic rings. The van der Waals surface area contributed by atoms with E-state index in [1.54, 1.807) is 12.1 Å². The van der Waals surface area contributed by atoms with E-state index >= 15 is 0 Å². The van der Waals surface area contributed by atoms with Gasteiger partial charge in [-0.15, -0.1) is 0 Å². The molecule has 1 atom stereocenters. The lowest BCUT2D eigenvalue weighted by Gasteiger charge is -2.15. The van der Waals surface area contributed by atoms with E-state index in [1.807, 2.05) is 44.2 Å². The molecule has 0 saturated heterocycles. The second kappa shape index (κ2) is 5.97. The molecule has 0 aliphatic carbocycles. The van der Waals surface area contributed by atoms with Crippen molar-refractivity contribution in [2.24, 2.45) is 0 Å². The molecule has 0 heterocycles. The number of amides is 1. The Morgan fingerprint density at radius 3 is 2.45 bits per heavy atom. The van der Waals surface area contributed by atoms with Crippen molar-refractivity contribution in [3.63, 3.8) is 0 Å². The van der Waals surface area contributed by atoms with Crippen LogP contribution in [0.2, 0.25) is 5.02 Å². The van der Waals surface area contributed by atoms with Gasteiger partial charge in [0.1, 0.15) is 0 Å². The molecule has 0 radical (unpaired) electrons. The van der Waals surface area contributed by atoms with Gasteiger partial charge >= 0.3 is 0 Å². The van der Waals surface area contributed by atoms with Crippen molar-refractivity contribution in [1.82, 2.24) is 5.32 Å². The van der Waals surface area contributed by atoms with Gasteiger partial charge in [-0.25, -0.2) is 0 Å². The lowest BCUT2D eigenvalue weighted by molar-refractivity contribution is 0.0940. The summed E-state index contributed by atoms with van der Waals surface area (Å²) >= 11 is 5.85. The summed E-state index contributed by atoms with van der Waals surface area (Å²) in [5.74, 6) is -0.140. The molecule has 0 saturated carbocycles. The number of nitrogens with two attached hydrogens (primary N) is 1. The third-order valence-corrected chi connectivity index (χ3v) is 3.51. The van der Waals surface area contributed by atoms with Crippen LogP contribution in [0.3, 0.4) is 0 Å². The van der Waals surface area contributed by atoms with Gasteiger partial charge in [-0.2, -0.15) is 0 Å². The van der Waals surface area contributed by atoms with Crippen LogP contribution in [-0.4, -0.2) is 5.91 Å². The summed E-state index contributed by atoms with van der Waals surface area (Å²) in [6.45, 7) is 3.84. The average Bonchev–Trinajstić information content (AvgIpc) is 2.42. The van der Waals surface area contributed by atoms with Crippen molar-refractivity contribution in [3.8, 4) is 0 Å². The highest BCUT2D eigenvalue weighted by Crippen LogP contribution is 2.18. The van der Waals surface area contributed by atoms with Gasteiger partial charge < -0.3 is 11.1 Å². The van der Waals surface area contributed by atoms with Gasteiger partial charge in [0, 0.05) is 16.3 Å². The number of halogens is 1. The molecule has 1 unspecified atom stereocenters. The number of carbonyl (C=O) groups is 1. The summed E-state index contributed by atoms with van der Waals surface area (Å²) in [6, 6.07) is 12.6. The van der Waals surface area contributed by atoms with Crippen LogP contribution in [0.5, 0.6) is 0 Å². The minimum Gasteiger partial charge on any atom is -0.398 e. The molecule has 2 rings (SSSR count). The fourth-order valence-corrected chi connectivity index (χ4v) is 2.02. The highest BCUT2D eigenvalue weighted by atomic mass is 35.5. The molecule has 2 aromatic carbocycles. The van der Waals surface area contributed by atoms with Gasteiger partial charge in [0.15, 0.2) is 0 Å². The van der Waals surface area contributed by atoms with E-state index in [1.165, 1.54) is 0 Å². The highest BCUT2D eigenvalue weighted by Gasteiger charge is 2.12. The first-order valence-corrected chi connectivity index (χ1v) is 6.77. The van der Waals surface area contributed by atoms with Crippen LogP contribution in [0.25, 0.3) is 0 Å². The van der Waals surface area contributed by atoms with Crippen molar-refractivity contribution in [1.29, 1.82) is 0 Å². The van der Waals surface area contributed by atoms with E-state index in [0.29, 0.717) is 16.3 Å². The third kappa shape index (κ3) is 3.31. The first-order chi connectivity index (χ1) is 9.47. The molecule has 0 aromatic heterocycles. The fourth-order valence-electron chi connectivity index (χ4n) is 1.90. The molecule has 3 nitrogen and oxygen atoms in total. The average molecular weight is 289 g/mol. The maximum atomic E-state index is 12.2. The van der Waals surface area contributed by atoms with Crippen LogP contribution in [0, 0.1) is 6.92 Å². The van der Waals surface area contributed by atoms with Gasteiger partial charge in [0.2, 0.25) is 0 Å². The Morgan fingerprint density at radius 2 is 1.85 bits per heavy atom. The Kier molecular flexibility index (Phi) is 4.30. The van der Waals surface area contributed by atoms with Crippen LogP contribution in [0.1, 0.15) is 34.5 Å². The molecule has 2 aromatic rings. The van der Waals surface area contributed by atoms with E-state index in [2.05, 4.69) is 5.32 Å². The Bertz CT molecular complexity index is 623. The lowest BCUT2D eigenvalue weighted by Crippen LogP contribution is -2.26. The largest absolute Gasteiger partial charge is 0.398 e. The molecule has 1 amide bonds. The van der Waals surface area contributed by atoms with E-state index < -0.39 is 0 Å². The summed E-state index contributed by atoms with van der Waals surface area (Å²) in [4.78, 5) is 12.2. The standard InChI is InChI=1S/C16H17ClN2O/c1-10-3-4-13(9-15(10)18)16(20)19-11(2)12-5-7-14(17)8-6-12/h3-9,11H,18H2,1-2H3,(H,19,20). The number of hydrogen-bond acceptors (Lipinski definition) is 2. The van der Waals surface area contributed by atoms with Gasteiger partial charge in [0.25, 0.3) is 5.91 Å². The van der Waals surface area contributed by atoms with Gasteiger partial charge in [-0.1, -0.05) is 29.8 Å². The maximum absolute atomic E-state index is 12.2. The first kappa shape index (κ1) is 14.4. The molecular weight excluding hydrogens is 272 g/mol. The lowest BCUT2D eigenvalue weighted by atomic mass is 10.1. The van der Waals surface area contributed by atoms with E-state index in [0.717, 1.165) is 11.1 Å². The minimum absolute atomic E-state index is 0.0951. The Hall–Kier alpha value is -2.00. The molecular formula is C16H17ClN2O. The van der Waals surface area contributed by atoms with E-state index in [9.17, 15) is 4.79 Å². The Balaban J connectivity index is 2.10. The number of anilines is 1. The van der Waals surface area contributed by atoms with Crippen molar-refractivity contribution < 1.29 is 4.79 Å². The SMILES string of the molecule is Cc1ccc(C(=O)NC(C)c2ccc(Cl)cc2)cc1N. The molecule has 0 bridgehead atoms. The third-order valence-electron chi connectivity index (χ3n) is 3.26. The molecule has 0 aliphatic heterocycles. The fraction of sp³-hybridized carbons (Fsp3) is 0.188. The number of hydrogen-bond donors (Lipinski definition) is 2. The first-order valence-electron chi connectivity index (χ1n) is 6.40. The van der Waals surface area contributed by atoms with E-state index in [-0.39, 0.29) is 11.9 Å². The van der Waals surface area contributed by atoms with Crippen LogP contribution in [0.4, 0.5) is 5.69 Å². The van der Waals surface area contributed by atoms with Crippen LogP contribution >= 0.6 is 11.6 Å². The normalized spacial score (nSPS) is 11.9. The smallest absolute Gasteiger partial charge is 0.251 e. The molecule has 20 heavy (non-hydrogen) atoms. The summed E-state index contributed by atoms with van der Waals surface area (Å²) in [5, 5.41) is 3.62. The summed E-state index contributed by atoms with van der Waals surface area (Å²) < 4.78 is 0. The monoisotopic (exact) mass is 288 g/mol. The number of nitrogen functional groups attached to an aromatic ring is 1. The maximum Gasteiger partial charge on any atom is 0.251 e. The highest BCUT2D eigenvalue weighted by molar-refractivity contribution is 6.30. The van der Waals surface area contributed by atoms with Crippen molar-refractivity contribution in [2.75, 3.05) is 5.73 Å². The quantitative estimate of drug-likeness (QED) is 0.846. The molecule has 0 spiro atoms. The molecule has 4 heteroatoms. The minimum atomic E-state index is -0.140. The number of carbonyl (C=O) groups excluding carboxylic acids is 1. The molecule has 3 N–H and O–H groups in total. The van der Waals surface area contributed by atoms with Crippen LogP contribution < -0.4 is 11.1 Å². The van der Waals surface area contributed by atoms with Crippen molar-refractivity contribution >= 4 is 23.2 Å². The van der Waals surface area contributed by atoms with Crippen molar-refractivity contribution in [2.45, 2.75) is 19.9 Å². The predicted molar refractivity (Wildman–Crippen MR) is 82.9 cm³/mol. The number of aryl methyl sites for hydroxylation is 1. The zero-order valence-electron chi connectivity index (χ0n) is 11.5. The topological polar surface area (TPSA) is 55.1 Å².